The third-order valence-corrected chi connectivity index (χ3v) is 2.55. The lowest BCUT2D eigenvalue weighted by Crippen LogP contribution is -2.18. The molecule has 1 aromatic rings. The van der Waals surface area contributed by atoms with E-state index in [0.29, 0.717) is 28.4 Å². The van der Waals surface area contributed by atoms with Crippen molar-refractivity contribution in [1.82, 2.24) is 0 Å². The summed E-state index contributed by atoms with van der Waals surface area (Å²) in [6.07, 6.45) is -1.41. The SMILES string of the molecule is Nc1cc(Cl)cc(C(O)C(O)CCS)c1. The van der Waals surface area contributed by atoms with Crippen molar-refractivity contribution in [3.05, 3.63) is 28.8 Å². The summed E-state index contributed by atoms with van der Waals surface area (Å²) < 4.78 is 0. The molecule has 1 rings (SSSR count). The molecule has 0 bridgehead atoms. The van der Waals surface area contributed by atoms with Gasteiger partial charge in [0.15, 0.2) is 0 Å². The highest BCUT2D eigenvalue weighted by Gasteiger charge is 2.18. The van der Waals surface area contributed by atoms with Crippen molar-refractivity contribution in [1.29, 1.82) is 0 Å². The first-order valence-electron chi connectivity index (χ1n) is 4.57. The van der Waals surface area contributed by atoms with Crippen molar-refractivity contribution in [2.75, 3.05) is 11.5 Å². The summed E-state index contributed by atoms with van der Waals surface area (Å²) in [5.74, 6) is 0.508. The van der Waals surface area contributed by atoms with Crippen LogP contribution in [-0.2, 0) is 0 Å². The highest BCUT2D eigenvalue weighted by atomic mass is 35.5. The minimum absolute atomic E-state index is 0.413. The Kier molecular flexibility index (Phi) is 4.73. The number of anilines is 1. The molecular weight excluding hydrogens is 234 g/mol. The van der Waals surface area contributed by atoms with Gasteiger partial charge in [-0.3, -0.25) is 0 Å². The summed E-state index contributed by atoms with van der Waals surface area (Å²) in [6, 6.07) is 4.77. The van der Waals surface area contributed by atoms with Gasteiger partial charge in [-0.05, 0) is 35.9 Å². The standard InChI is InChI=1S/C10H14ClNO2S/c11-7-3-6(4-8(12)5-7)10(14)9(13)1-2-15/h3-5,9-10,13-15H,1-2,12H2. The van der Waals surface area contributed by atoms with Gasteiger partial charge in [-0.15, -0.1) is 0 Å². The number of rotatable bonds is 4. The van der Waals surface area contributed by atoms with Crippen LogP contribution in [0.2, 0.25) is 5.02 Å². The molecule has 0 spiro atoms. The number of aliphatic hydroxyl groups excluding tert-OH is 2. The van der Waals surface area contributed by atoms with Crippen molar-refractivity contribution in [3.8, 4) is 0 Å². The molecule has 0 radical (unpaired) electrons. The van der Waals surface area contributed by atoms with E-state index < -0.39 is 12.2 Å². The quantitative estimate of drug-likeness (QED) is 0.483. The van der Waals surface area contributed by atoms with E-state index in [1.807, 2.05) is 0 Å². The van der Waals surface area contributed by atoms with E-state index in [1.165, 1.54) is 0 Å². The third kappa shape index (κ3) is 3.57. The fourth-order valence-electron chi connectivity index (χ4n) is 1.32. The molecule has 0 aliphatic heterocycles. The largest absolute Gasteiger partial charge is 0.399 e. The number of hydrogen-bond acceptors (Lipinski definition) is 4. The monoisotopic (exact) mass is 247 g/mol. The van der Waals surface area contributed by atoms with Gasteiger partial charge in [0.25, 0.3) is 0 Å². The van der Waals surface area contributed by atoms with Crippen molar-refractivity contribution in [2.45, 2.75) is 18.6 Å². The van der Waals surface area contributed by atoms with Crippen LogP contribution >= 0.6 is 24.2 Å². The van der Waals surface area contributed by atoms with Gasteiger partial charge in [0, 0.05) is 10.7 Å². The normalized spacial score (nSPS) is 14.9. The second kappa shape index (κ2) is 5.61. The van der Waals surface area contributed by atoms with Crippen molar-refractivity contribution >= 4 is 29.9 Å². The summed E-state index contributed by atoms with van der Waals surface area (Å²) in [5, 5.41) is 19.8. The maximum atomic E-state index is 9.77. The number of benzene rings is 1. The molecule has 3 nitrogen and oxygen atoms in total. The van der Waals surface area contributed by atoms with E-state index in [9.17, 15) is 10.2 Å². The lowest BCUT2D eigenvalue weighted by Gasteiger charge is -2.17. The van der Waals surface area contributed by atoms with E-state index in [-0.39, 0.29) is 0 Å². The molecule has 0 saturated heterocycles. The van der Waals surface area contributed by atoms with Gasteiger partial charge in [0.05, 0.1) is 6.10 Å². The van der Waals surface area contributed by atoms with Gasteiger partial charge in [-0.25, -0.2) is 0 Å². The summed E-state index contributed by atoms with van der Waals surface area (Å²) in [7, 11) is 0. The molecule has 0 aromatic heterocycles. The van der Waals surface area contributed by atoms with E-state index in [0.717, 1.165) is 0 Å². The second-order valence-electron chi connectivity index (χ2n) is 3.34. The first-order valence-corrected chi connectivity index (χ1v) is 5.58. The molecule has 0 heterocycles. The van der Waals surface area contributed by atoms with Crippen LogP contribution in [0.4, 0.5) is 5.69 Å². The lowest BCUT2D eigenvalue weighted by atomic mass is 10.0. The Hall–Kier alpha value is -0.420. The summed E-state index contributed by atoms with van der Waals surface area (Å²) >= 11 is 9.77. The van der Waals surface area contributed by atoms with Gasteiger partial charge >= 0.3 is 0 Å². The van der Waals surface area contributed by atoms with E-state index in [1.54, 1.807) is 18.2 Å². The Morgan fingerprint density at radius 2 is 2.00 bits per heavy atom. The van der Waals surface area contributed by atoms with Crippen LogP contribution in [0.5, 0.6) is 0 Å². The topological polar surface area (TPSA) is 66.5 Å². The molecule has 0 fully saturated rings. The minimum Gasteiger partial charge on any atom is -0.399 e. The zero-order valence-corrected chi connectivity index (χ0v) is 9.75. The minimum atomic E-state index is -0.974. The number of thiol groups is 1. The molecule has 0 aliphatic carbocycles. The zero-order chi connectivity index (χ0) is 11.4. The third-order valence-electron chi connectivity index (χ3n) is 2.07. The van der Waals surface area contributed by atoms with Crippen LogP contribution in [0.25, 0.3) is 0 Å². The van der Waals surface area contributed by atoms with Gasteiger partial charge in [0.1, 0.15) is 6.10 Å². The molecule has 1 aromatic carbocycles. The second-order valence-corrected chi connectivity index (χ2v) is 4.23. The molecule has 15 heavy (non-hydrogen) atoms. The Bertz CT molecular complexity index is 315. The molecule has 84 valence electrons. The van der Waals surface area contributed by atoms with Gasteiger partial charge < -0.3 is 15.9 Å². The van der Waals surface area contributed by atoms with Gasteiger partial charge in [0.2, 0.25) is 0 Å². The van der Waals surface area contributed by atoms with Crippen LogP contribution in [-0.4, -0.2) is 22.1 Å². The number of nitrogens with two attached hydrogens (primary N) is 1. The highest BCUT2D eigenvalue weighted by Crippen LogP contribution is 2.25. The zero-order valence-electron chi connectivity index (χ0n) is 8.10. The van der Waals surface area contributed by atoms with Crippen LogP contribution < -0.4 is 5.73 Å². The number of nitrogen functional groups attached to an aromatic ring is 1. The molecule has 2 unspecified atom stereocenters. The average Bonchev–Trinajstić information content (AvgIpc) is 2.15. The Morgan fingerprint density at radius 3 is 2.53 bits per heavy atom. The predicted molar refractivity (Wildman–Crippen MR) is 65.3 cm³/mol. The molecule has 5 heteroatoms. The van der Waals surface area contributed by atoms with E-state index >= 15 is 0 Å². The number of aliphatic hydroxyl groups is 2. The maximum Gasteiger partial charge on any atom is 0.105 e. The predicted octanol–water partition coefficient (Wildman–Crippen LogP) is 1.64. The van der Waals surface area contributed by atoms with Crippen LogP contribution in [0.1, 0.15) is 18.1 Å². The Morgan fingerprint density at radius 1 is 1.33 bits per heavy atom. The van der Waals surface area contributed by atoms with E-state index in [4.69, 9.17) is 17.3 Å². The maximum absolute atomic E-state index is 9.77. The van der Waals surface area contributed by atoms with Gasteiger partial charge in [-0.1, -0.05) is 11.6 Å². The fourth-order valence-corrected chi connectivity index (χ4v) is 1.84. The van der Waals surface area contributed by atoms with Crippen molar-refractivity contribution in [3.63, 3.8) is 0 Å². The van der Waals surface area contributed by atoms with Crippen LogP contribution in [0.15, 0.2) is 18.2 Å². The molecule has 0 aliphatic rings. The molecule has 0 saturated carbocycles. The molecule has 2 atom stereocenters. The van der Waals surface area contributed by atoms with Crippen LogP contribution in [0, 0.1) is 0 Å². The average molecular weight is 248 g/mol. The van der Waals surface area contributed by atoms with Crippen LogP contribution in [0.3, 0.4) is 0 Å². The summed E-state index contributed by atoms with van der Waals surface area (Å²) in [6.45, 7) is 0. The van der Waals surface area contributed by atoms with Crippen molar-refractivity contribution in [2.24, 2.45) is 0 Å². The lowest BCUT2D eigenvalue weighted by molar-refractivity contribution is 0.0173. The molecule has 4 N–H and O–H groups in total. The number of halogens is 1. The first-order chi connectivity index (χ1) is 7.04. The molecular formula is C10H14ClNO2S. The molecule has 0 amide bonds. The highest BCUT2D eigenvalue weighted by molar-refractivity contribution is 7.80. The Balaban J connectivity index is 2.85. The van der Waals surface area contributed by atoms with Crippen molar-refractivity contribution < 1.29 is 10.2 Å². The van der Waals surface area contributed by atoms with Gasteiger partial charge in [-0.2, -0.15) is 12.6 Å². The fraction of sp³-hybridized carbons (Fsp3) is 0.400. The smallest absolute Gasteiger partial charge is 0.105 e. The summed E-state index contributed by atoms with van der Waals surface area (Å²) in [5.41, 5.74) is 6.57. The number of hydrogen-bond donors (Lipinski definition) is 4. The van der Waals surface area contributed by atoms with E-state index in [2.05, 4.69) is 12.6 Å². The summed E-state index contributed by atoms with van der Waals surface area (Å²) in [4.78, 5) is 0. The Labute approximate surface area is 99.3 Å². The first kappa shape index (κ1) is 12.6.